The summed E-state index contributed by atoms with van der Waals surface area (Å²) < 4.78 is 15.9. The molecule has 0 saturated carbocycles. The number of nitrogens with zero attached hydrogens (tertiary/aromatic N) is 4. The molecule has 2 saturated heterocycles. The van der Waals surface area contributed by atoms with E-state index in [1.54, 1.807) is 0 Å². The van der Waals surface area contributed by atoms with Crippen LogP contribution >= 0.6 is 0 Å². The van der Waals surface area contributed by atoms with E-state index in [4.69, 9.17) is 0 Å². The first-order chi connectivity index (χ1) is 16.0. The summed E-state index contributed by atoms with van der Waals surface area (Å²) in [6, 6.07) is 16.2. The summed E-state index contributed by atoms with van der Waals surface area (Å²) in [7, 11) is 0. The zero-order chi connectivity index (χ0) is 22.9. The van der Waals surface area contributed by atoms with Crippen LogP contribution in [0.2, 0.25) is 0 Å². The fourth-order valence-corrected chi connectivity index (χ4v) is 5.34. The van der Waals surface area contributed by atoms with E-state index in [1.807, 2.05) is 21.9 Å². The zero-order valence-corrected chi connectivity index (χ0v) is 19.6. The molecular weight excluding hydrogens is 415 g/mol. The quantitative estimate of drug-likeness (QED) is 0.517. The van der Waals surface area contributed by atoms with Gasteiger partial charge in [-0.15, -0.1) is 0 Å². The number of hydrogen-bond acceptors (Lipinski definition) is 2. The first-order valence-corrected chi connectivity index (χ1v) is 12.1. The van der Waals surface area contributed by atoms with Gasteiger partial charge in [0.15, 0.2) is 0 Å². The molecular formula is C27H33FN4O. The molecule has 33 heavy (non-hydrogen) atoms. The van der Waals surface area contributed by atoms with Crippen molar-refractivity contribution in [1.29, 1.82) is 0 Å². The van der Waals surface area contributed by atoms with E-state index in [1.165, 1.54) is 23.0 Å². The van der Waals surface area contributed by atoms with Gasteiger partial charge < -0.3 is 19.3 Å². The minimum atomic E-state index is -0.206. The second-order valence-electron chi connectivity index (χ2n) is 9.60. The van der Waals surface area contributed by atoms with Crippen molar-refractivity contribution >= 4 is 16.9 Å². The number of carbonyl (C=O) groups excluding carboxylic acids is 1. The monoisotopic (exact) mass is 448 g/mol. The predicted molar refractivity (Wildman–Crippen MR) is 131 cm³/mol. The minimum absolute atomic E-state index is 0.187. The number of likely N-dealkylation sites (tertiary alicyclic amines) is 1. The van der Waals surface area contributed by atoms with E-state index in [9.17, 15) is 9.18 Å². The number of urea groups is 1. The van der Waals surface area contributed by atoms with Gasteiger partial charge in [-0.3, -0.25) is 0 Å². The lowest BCUT2D eigenvalue weighted by Crippen LogP contribution is -2.42. The van der Waals surface area contributed by atoms with E-state index >= 15 is 0 Å². The zero-order valence-electron chi connectivity index (χ0n) is 19.6. The van der Waals surface area contributed by atoms with E-state index < -0.39 is 0 Å². The third-order valence-electron chi connectivity index (χ3n) is 7.28. The SMILES string of the molecule is CC(C)N1CCN(CCN2CCC(n3cc(-c4ccc(F)cc4)c4ccccc43)CC2)C1=O. The molecule has 1 aromatic heterocycles. The maximum atomic E-state index is 13.5. The number of aromatic nitrogens is 1. The van der Waals surface area contributed by atoms with E-state index in [0.717, 1.165) is 63.2 Å². The Balaban J connectivity index is 1.25. The van der Waals surface area contributed by atoms with Crippen molar-refractivity contribution in [3.8, 4) is 11.1 Å². The normalized spacial score (nSPS) is 18.2. The molecule has 0 radical (unpaired) electrons. The first-order valence-electron chi connectivity index (χ1n) is 12.1. The minimum Gasteiger partial charge on any atom is -0.344 e. The fourth-order valence-electron chi connectivity index (χ4n) is 5.34. The van der Waals surface area contributed by atoms with Crippen LogP contribution in [0.4, 0.5) is 9.18 Å². The van der Waals surface area contributed by atoms with Crippen LogP contribution in [-0.4, -0.2) is 70.6 Å². The second kappa shape index (κ2) is 9.18. The molecule has 3 heterocycles. The largest absolute Gasteiger partial charge is 0.344 e. The summed E-state index contributed by atoms with van der Waals surface area (Å²) in [6.07, 6.45) is 4.43. The summed E-state index contributed by atoms with van der Waals surface area (Å²) in [4.78, 5) is 19.0. The average molecular weight is 449 g/mol. The van der Waals surface area contributed by atoms with Crippen molar-refractivity contribution in [3.63, 3.8) is 0 Å². The van der Waals surface area contributed by atoms with Crippen LogP contribution in [-0.2, 0) is 0 Å². The highest BCUT2D eigenvalue weighted by Crippen LogP contribution is 2.35. The number of fused-ring (bicyclic) bond motifs is 1. The molecule has 5 rings (SSSR count). The van der Waals surface area contributed by atoms with Crippen molar-refractivity contribution in [2.24, 2.45) is 0 Å². The van der Waals surface area contributed by atoms with Crippen LogP contribution in [0.15, 0.2) is 54.7 Å². The van der Waals surface area contributed by atoms with Gasteiger partial charge in [-0.05, 0) is 50.5 Å². The lowest BCUT2D eigenvalue weighted by molar-refractivity contribution is 0.158. The average Bonchev–Trinajstić information content (AvgIpc) is 3.39. The van der Waals surface area contributed by atoms with Crippen molar-refractivity contribution < 1.29 is 9.18 Å². The van der Waals surface area contributed by atoms with Gasteiger partial charge in [-0.25, -0.2) is 9.18 Å². The molecule has 0 unspecified atom stereocenters. The van der Waals surface area contributed by atoms with Crippen LogP contribution in [0.3, 0.4) is 0 Å². The Labute approximate surface area is 195 Å². The number of carbonyl (C=O) groups is 1. The molecule has 3 aromatic rings. The summed E-state index contributed by atoms with van der Waals surface area (Å²) >= 11 is 0. The molecule has 0 atom stereocenters. The van der Waals surface area contributed by atoms with Crippen LogP contribution < -0.4 is 0 Å². The van der Waals surface area contributed by atoms with Crippen molar-refractivity contribution in [2.75, 3.05) is 39.3 Å². The third kappa shape index (κ3) is 4.36. The lowest BCUT2D eigenvalue weighted by atomic mass is 10.0. The molecule has 0 bridgehead atoms. The Morgan fingerprint density at radius 2 is 1.67 bits per heavy atom. The third-order valence-corrected chi connectivity index (χ3v) is 7.28. The van der Waals surface area contributed by atoms with Gasteiger partial charge in [0, 0.05) is 74.0 Å². The maximum Gasteiger partial charge on any atom is 0.320 e. The van der Waals surface area contributed by atoms with Gasteiger partial charge in [0.05, 0.1) is 0 Å². The van der Waals surface area contributed by atoms with E-state index in [-0.39, 0.29) is 17.9 Å². The molecule has 174 valence electrons. The van der Waals surface area contributed by atoms with Gasteiger partial charge in [-0.1, -0.05) is 30.3 Å². The second-order valence-corrected chi connectivity index (χ2v) is 9.60. The summed E-state index contributed by atoms with van der Waals surface area (Å²) in [5.41, 5.74) is 3.46. The number of piperidine rings is 1. The Morgan fingerprint density at radius 3 is 2.36 bits per heavy atom. The topological polar surface area (TPSA) is 31.7 Å². The molecule has 6 heteroatoms. The number of amides is 2. The molecule has 0 N–H and O–H groups in total. The lowest BCUT2D eigenvalue weighted by Gasteiger charge is -2.34. The molecule has 2 amide bonds. The molecule has 5 nitrogen and oxygen atoms in total. The Morgan fingerprint density at radius 1 is 0.939 bits per heavy atom. The smallest absolute Gasteiger partial charge is 0.320 e. The highest BCUT2D eigenvalue weighted by Gasteiger charge is 2.30. The maximum absolute atomic E-state index is 13.5. The van der Waals surface area contributed by atoms with Gasteiger partial charge >= 0.3 is 6.03 Å². The molecule has 2 aliphatic heterocycles. The summed E-state index contributed by atoms with van der Waals surface area (Å²) in [5, 5.41) is 1.22. The number of halogens is 1. The number of rotatable bonds is 6. The van der Waals surface area contributed by atoms with Crippen LogP contribution in [0, 0.1) is 5.82 Å². The summed E-state index contributed by atoms with van der Waals surface area (Å²) in [6.45, 7) is 9.69. The Hall–Kier alpha value is -2.86. The number of para-hydroxylation sites is 1. The van der Waals surface area contributed by atoms with Gasteiger partial charge in [0.1, 0.15) is 5.82 Å². The van der Waals surface area contributed by atoms with Crippen molar-refractivity contribution in [3.05, 3.63) is 60.5 Å². The standard InChI is InChI=1S/C27H33FN4O/c1-20(2)31-18-17-30(27(31)33)16-15-29-13-11-23(12-14-29)32-19-25(21-7-9-22(28)10-8-21)24-5-3-4-6-26(24)32/h3-10,19-20,23H,11-18H2,1-2H3. The van der Waals surface area contributed by atoms with Gasteiger partial charge in [0.25, 0.3) is 0 Å². The molecule has 0 spiro atoms. The molecule has 2 aromatic carbocycles. The van der Waals surface area contributed by atoms with Crippen molar-refractivity contribution in [1.82, 2.24) is 19.3 Å². The highest BCUT2D eigenvalue weighted by molar-refractivity contribution is 5.96. The Kier molecular flexibility index (Phi) is 6.11. The molecule has 0 aliphatic carbocycles. The fraction of sp³-hybridized carbons (Fsp3) is 0.444. The Bertz CT molecular complexity index is 1110. The van der Waals surface area contributed by atoms with E-state index in [0.29, 0.717) is 6.04 Å². The number of benzene rings is 2. The van der Waals surface area contributed by atoms with Gasteiger partial charge in [-0.2, -0.15) is 0 Å². The highest BCUT2D eigenvalue weighted by atomic mass is 19.1. The van der Waals surface area contributed by atoms with Crippen LogP contribution in [0.1, 0.15) is 32.7 Å². The molecule has 2 aliphatic rings. The first kappa shape index (κ1) is 22.0. The van der Waals surface area contributed by atoms with Gasteiger partial charge in [0.2, 0.25) is 0 Å². The number of hydrogen-bond donors (Lipinski definition) is 0. The molecule has 2 fully saturated rings. The predicted octanol–water partition coefficient (Wildman–Crippen LogP) is 5.23. The van der Waals surface area contributed by atoms with Crippen molar-refractivity contribution in [2.45, 2.75) is 38.8 Å². The van der Waals surface area contributed by atoms with E-state index in [2.05, 4.69) is 53.8 Å². The van der Waals surface area contributed by atoms with Crippen LogP contribution in [0.25, 0.3) is 22.0 Å². The summed E-state index contributed by atoms with van der Waals surface area (Å²) in [5.74, 6) is -0.206. The van der Waals surface area contributed by atoms with Crippen LogP contribution in [0.5, 0.6) is 0 Å².